The maximum atomic E-state index is 13.0. The van der Waals surface area contributed by atoms with E-state index in [1.165, 1.54) is 12.1 Å². The van der Waals surface area contributed by atoms with Crippen molar-refractivity contribution >= 4 is 0 Å². The number of aliphatic hydroxyl groups is 1. The van der Waals surface area contributed by atoms with E-state index in [-0.39, 0.29) is 11.9 Å². The van der Waals surface area contributed by atoms with E-state index in [9.17, 15) is 9.50 Å². The Balaban J connectivity index is 2.54. The molecule has 1 aromatic carbocycles. The molecule has 0 spiro atoms. The normalized spacial score (nSPS) is 14.6. The number of halogens is 1. The first-order valence-corrected chi connectivity index (χ1v) is 6.59. The molecule has 96 valence electrons. The van der Waals surface area contributed by atoms with Gasteiger partial charge in [0.15, 0.2) is 0 Å². The van der Waals surface area contributed by atoms with Gasteiger partial charge in [0, 0.05) is 0 Å². The lowest BCUT2D eigenvalue weighted by Gasteiger charge is -2.21. The van der Waals surface area contributed by atoms with Gasteiger partial charge in [0.05, 0.1) is 6.10 Å². The molecule has 0 aliphatic rings. The molecule has 0 heterocycles. The van der Waals surface area contributed by atoms with E-state index in [1.807, 2.05) is 6.07 Å². The number of hydrogen-bond donors (Lipinski definition) is 1. The van der Waals surface area contributed by atoms with Crippen molar-refractivity contribution in [3.05, 3.63) is 35.6 Å². The third kappa shape index (κ3) is 4.86. The fraction of sp³-hybridized carbons (Fsp3) is 0.600. The van der Waals surface area contributed by atoms with Crippen LogP contribution in [0.5, 0.6) is 0 Å². The molecule has 17 heavy (non-hydrogen) atoms. The van der Waals surface area contributed by atoms with E-state index in [0.717, 1.165) is 31.2 Å². The molecule has 0 saturated carbocycles. The van der Waals surface area contributed by atoms with Gasteiger partial charge in [-0.1, -0.05) is 45.2 Å². The molecule has 0 bridgehead atoms. The Morgan fingerprint density at radius 1 is 1.29 bits per heavy atom. The van der Waals surface area contributed by atoms with Crippen molar-refractivity contribution in [2.24, 2.45) is 5.92 Å². The molecular formula is C15H23FO. The molecule has 1 rings (SSSR count). The Kier molecular flexibility index (Phi) is 6.20. The zero-order chi connectivity index (χ0) is 12.7. The van der Waals surface area contributed by atoms with Gasteiger partial charge in [-0.25, -0.2) is 4.39 Å². The number of aliphatic hydroxyl groups excluding tert-OH is 1. The third-order valence-corrected chi connectivity index (χ3v) is 3.33. The molecule has 2 heteroatoms. The van der Waals surface area contributed by atoms with Crippen LogP contribution in [0.15, 0.2) is 24.3 Å². The van der Waals surface area contributed by atoms with E-state index in [2.05, 4.69) is 13.8 Å². The Hall–Kier alpha value is -0.890. The molecule has 2 atom stereocenters. The minimum atomic E-state index is -0.353. The van der Waals surface area contributed by atoms with Crippen LogP contribution in [-0.2, 0) is 6.42 Å². The fourth-order valence-corrected chi connectivity index (χ4v) is 2.21. The SMILES string of the molecule is CCCCC(CC)C(O)Cc1cccc(F)c1. The Bertz CT molecular complexity index is 324. The fourth-order valence-electron chi connectivity index (χ4n) is 2.21. The van der Waals surface area contributed by atoms with Crippen LogP contribution in [0.4, 0.5) is 4.39 Å². The molecule has 0 radical (unpaired) electrons. The minimum Gasteiger partial charge on any atom is -0.392 e. The van der Waals surface area contributed by atoms with Gasteiger partial charge in [-0.15, -0.1) is 0 Å². The third-order valence-electron chi connectivity index (χ3n) is 3.33. The second-order valence-corrected chi connectivity index (χ2v) is 4.71. The molecule has 2 unspecified atom stereocenters. The number of rotatable bonds is 7. The standard InChI is InChI=1S/C15H23FO/c1-3-5-8-13(4-2)15(17)11-12-7-6-9-14(16)10-12/h6-7,9-10,13,15,17H,3-5,8,11H2,1-2H3. The second-order valence-electron chi connectivity index (χ2n) is 4.71. The number of benzene rings is 1. The molecular weight excluding hydrogens is 215 g/mol. The first kappa shape index (κ1) is 14.2. The first-order valence-electron chi connectivity index (χ1n) is 6.59. The summed E-state index contributed by atoms with van der Waals surface area (Å²) in [7, 11) is 0. The Morgan fingerprint density at radius 3 is 2.65 bits per heavy atom. The number of hydrogen-bond acceptors (Lipinski definition) is 1. The summed E-state index contributed by atoms with van der Waals surface area (Å²) >= 11 is 0. The summed E-state index contributed by atoms with van der Waals surface area (Å²) in [4.78, 5) is 0. The van der Waals surface area contributed by atoms with E-state index < -0.39 is 0 Å². The summed E-state index contributed by atoms with van der Waals surface area (Å²) in [5, 5.41) is 10.2. The maximum absolute atomic E-state index is 13.0. The van der Waals surface area contributed by atoms with Crippen LogP contribution in [0.1, 0.15) is 45.1 Å². The highest BCUT2D eigenvalue weighted by molar-refractivity contribution is 5.17. The molecule has 0 saturated heterocycles. The molecule has 0 fully saturated rings. The van der Waals surface area contributed by atoms with Gasteiger partial charge in [0.1, 0.15) is 5.82 Å². The van der Waals surface area contributed by atoms with Gasteiger partial charge in [0.25, 0.3) is 0 Å². The highest BCUT2D eigenvalue weighted by Crippen LogP contribution is 2.20. The van der Waals surface area contributed by atoms with Crippen molar-refractivity contribution in [1.82, 2.24) is 0 Å². The summed E-state index contributed by atoms with van der Waals surface area (Å²) in [5.41, 5.74) is 0.882. The molecule has 0 aliphatic heterocycles. The van der Waals surface area contributed by atoms with Crippen LogP contribution in [0.25, 0.3) is 0 Å². The second kappa shape index (κ2) is 7.44. The predicted molar refractivity (Wildman–Crippen MR) is 69.4 cm³/mol. The minimum absolute atomic E-state index is 0.226. The Labute approximate surface area is 104 Å². The molecule has 0 aromatic heterocycles. The summed E-state index contributed by atoms with van der Waals surface area (Å²) in [5.74, 6) is 0.106. The Morgan fingerprint density at radius 2 is 2.06 bits per heavy atom. The van der Waals surface area contributed by atoms with Crippen molar-refractivity contribution in [3.8, 4) is 0 Å². The quantitative estimate of drug-likeness (QED) is 0.762. The lowest BCUT2D eigenvalue weighted by Crippen LogP contribution is -2.22. The van der Waals surface area contributed by atoms with Gasteiger partial charge in [-0.05, 0) is 36.5 Å². The van der Waals surface area contributed by atoms with Gasteiger partial charge >= 0.3 is 0 Å². The van der Waals surface area contributed by atoms with Gasteiger partial charge in [-0.3, -0.25) is 0 Å². The van der Waals surface area contributed by atoms with Crippen LogP contribution in [0, 0.1) is 11.7 Å². The van der Waals surface area contributed by atoms with Crippen LogP contribution >= 0.6 is 0 Å². The first-order chi connectivity index (χ1) is 8.17. The molecule has 1 aromatic rings. The van der Waals surface area contributed by atoms with Crippen molar-refractivity contribution < 1.29 is 9.50 Å². The highest BCUT2D eigenvalue weighted by Gasteiger charge is 2.17. The number of unbranched alkanes of at least 4 members (excludes halogenated alkanes) is 1. The van der Waals surface area contributed by atoms with Crippen molar-refractivity contribution in [3.63, 3.8) is 0 Å². The highest BCUT2D eigenvalue weighted by atomic mass is 19.1. The summed E-state index contributed by atoms with van der Waals surface area (Å²) in [6.07, 6.45) is 4.55. The van der Waals surface area contributed by atoms with Crippen LogP contribution in [0.2, 0.25) is 0 Å². The zero-order valence-electron chi connectivity index (χ0n) is 10.8. The van der Waals surface area contributed by atoms with E-state index in [4.69, 9.17) is 0 Å². The van der Waals surface area contributed by atoms with Crippen molar-refractivity contribution in [2.75, 3.05) is 0 Å². The molecule has 1 nitrogen and oxygen atoms in total. The topological polar surface area (TPSA) is 20.2 Å². The summed E-state index contributed by atoms with van der Waals surface area (Å²) < 4.78 is 13.0. The van der Waals surface area contributed by atoms with Gasteiger partial charge in [-0.2, -0.15) is 0 Å². The van der Waals surface area contributed by atoms with Gasteiger partial charge < -0.3 is 5.11 Å². The smallest absolute Gasteiger partial charge is 0.123 e. The average Bonchev–Trinajstić information content (AvgIpc) is 2.30. The molecule has 0 aliphatic carbocycles. The molecule has 0 amide bonds. The maximum Gasteiger partial charge on any atom is 0.123 e. The van der Waals surface area contributed by atoms with Crippen molar-refractivity contribution in [2.45, 2.75) is 52.1 Å². The van der Waals surface area contributed by atoms with Gasteiger partial charge in [0.2, 0.25) is 0 Å². The van der Waals surface area contributed by atoms with E-state index >= 15 is 0 Å². The lowest BCUT2D eigenvalue weighted by atomic mass is 9.89. The monoisotopic (exact) mass is 238 g/mol. The predicted octanol–water partition coefficient (Wildman–Crippen LogP) is 3.95. The molecule has 1 N–H and O–H groups in total. The van der Waals surface area contributed by atoms with E-state index in [1.54, 1.807) is 6.07 Å². The zero-order valence-corrected chi connectivity index (χ0v) is 10.8. The van der Waals surface area contributed by atoms with Crippen LogP contribution < -0.4 is 0 Å². The van der Waals surface area contributed by atoms with E-state index in [0.29, 0.717) is 12.3 Å². The van der Waals surface area contributed by atoms with Crippen LogP contribution in [0.3, 0.4) is 0 Å². The summed E-state index contributed by atoms with van der Waals surface area (Å²) in [6.45, 7) is 4.26. The van der Waals surface area contributed by atoms with Crippen LogP contribution in [-0.4, -0.2) is 11.2 Å². The lowest BCUT2D eigenvalue weighted by molar-refractivity contribution is 0.0987. The average molecular weight is 238 g/mol. The largest absolute Gasteiger partial charge is 0.392 e. The van der Waals surface area contributed by atoms with Crippen molar-refractivity contribution in [1.29, 1.82) is 0 Å². The summed E-state index contributed by atoms with van der Waals surface area (Å²) in [6, 6.07) is 6.52.